The predicted molar refractivity (Wildman–Crippen MR) is 125 cm³/mol. The Bertz CT molecular complexity index is 1230. The Morgan fingerprint density at radius 1 is 0.903 bits per heavy atom. The number of nitrogens with zero attached hydrogens (tertiary/aromatic N) is 2. The van der Waals surface area contributed by atoms with Gasteiger partial charge in [0.2, 0.25) is 0 Å². The smallest absolute Gasteiger partial charge is 0.256 e. The van der Waals surface area contributed by atoms with E-state index in [2.05, 4.69) is 36.5 Å². The number of carbonyl (C=O) groups excluding carboxylic acids is 2. The van der Waals surface area contributed by atoms with E-state index in [1.54, 1.807) is 54.9 Å². The van der Waals surface area contributed by atoms with Crippen LogP contribution in [0.2, 0.25) is 0 Å². The van der Waals surface area contributed by atoms with Gasteiger partial charge in [0.05, 0.1) is 29.1 Å². The van der Waals surface area contributed by atoms with E-state index in [0.717, 1.165) is 16.3 Å². The predicted octanol–water partition coefficient (Wildman–Crippen LogP) is 5.15. The molecule has 0 radical (unpaired) electrons. The number of halogens is 1. The number of hydrogen-bond donors (Lipinski definition) is 2. The van der Waals surface area contributed by atoms with Crippen LogP contribution in [0.1, 0.15) is 25.7 Å². The summed E-state index contributed by atoms with van der Waals surface area (Å²) in [5.41, 5.74) is 3.14. The summed E-state index contributed by atoms with van der Waals surface area (Å²) in [6, 6.07) is 17.8. The third-order valence-electron chi connectivity index (χ3n) is 4.47. The molecule has 0 bridgehead atoms. The van der Waals surface area contributed by atoms with Crippen LogP contribution >= 0.6 is 27.3 Å². The third-order valence-corrected chi connectivity index (χ3v) is 6.01. The highest BCUT2D eigenvalue weighted by atomic mass is 79.9. The van der Waals surface area contributed by atoms with Gasteiger partial charge in [-0.05, 0) is 52.3 Å². The number of para-hydroxylation sites is 1. The minimum atomic E-state index is -0.297. The summed E-state index contributed by atoms with van der Waals surface area (Å²) in [6.07, 6.45) is 3.44. The van der Waals surface area contributed by atoms with E-state index in [1.165, 1.54) is 11.3 Å². The summed E-state index contributed by atoms with van der Waals surface area (Å²) in [6.45, 7) is 0.293. The van der Waals surface area contributed by atoms with Gasteiger partial charge in [-0.15, -0.1) is 11.3 Å². The summed E-state index contributed by atoms with van der Waals surface area (Å²) in [5, 5.41) is 8.44. The largest absolute Gasteiger partial charge is 0.345 e. The Labute approximate surface area is 191 Å². The van der Waals surface area contributed by atoms with Crippen molar-refractivity contribution in [2.45, 2.75) is 6.54 Å². The van der Waals surface area contributed by atoms with Crippen molar-refractivity contribution in [3.8, 4) is 11.3 Å². The van der Waals surface area contributed by atoms with E-state index in [1.807, 2.05) is 23.6 Å². The molecule has 0 atom stereocenters. The van der Waals surface area contributed by atoms with E-state index < -0.39 is 0 Å². The molecule has 2 heterocycles. The zero-order valence-corrected chi connectivity index (χ0v) is 18.6. The summed E-state index contributed by atoms with van der Waals surface area (Å²) in [4.78, 5) is 34.0. The second-order valence-corrected chi connectivity index (χ2v) is 8.32. The van der Waals surface area contributed by atoms with Crippen molar-refractivity contribution >= 4 is 44.8 Å². The molecule has 0 saturated heterocycles. The number of hydrogen-bond acceptors (Lipinski definition) is 5. The molecule has 2 N–H and O–H groups in total. The van der Waals surface area contributed by atoms with Gasteiger partial charge in [-0.3, -0.25) is 14.6 Å². The second kappa shape index (κ2) is 9.63. The Kier molecular flexibility index (Phi) is 6.49. The summed E-state index contributed by atoms with van der Waals surface area (Å²) in [7, 11) is 0. The minimum Gasteiger partial charge on any atom is -0.345 e. The van der Waals surface area contributed by atoms with Crippen LogP contribution in [0, 0.1) is 0 Å². The fourth-order valence-electron chi connectivity index (χ4n) is 2.92. The van der Waals surface area contributed by atoms with Gasteiger partial charge in [0.1, 0.15) is 5.01 Å². The van der Waals surface area contributed by atoms with Crippen LogP contribution in [0.5, 0.6) is 0 Å². The highest BCUT2D eigenvalue weighted by Crippen LogP contribution is 2.22. The van der Waals surface area contributed by atoms with Crippen molar-refractivity contribution in [1.82, 2.24) is 15.3 Å². The molecule has 4 aromatic rings. The van der Waals surface area contributed by atoms with Crippen LogP contribution < -0.4 is 10.6 Å². The summed E-state index contributed by atoms with van der Waals surface area (Å²) >= 11 is 4.85. The van der Waals surface area contributed by atoms with E-state index in [0.29, 0.717) is 27.8 Å². The van der Waals surface area contributed by atoms with E-state index in [-0.39, 0.29) is 11.8 Å². The fraction of sp³-hybridized carbons (Fsp3) is 0.0435. The molecule has 2 aromatic carbocycles. The van der Waals surface area contributed by atoms with Crippen molar-refractivity contribution in [2.75, 3.05) is 5.32 Å². The normalized spacial score (nSPS) is 10.5. The fourth-order valence-corrected chi connectivity index (χ4v) is 4.13. The molecular formula is C23H17BrN4O2S. The molecule has 0 unspecified atom stereocenters. The third kappa shape index (κ3) is 5.04. The van der Waals surface area contributed by atoms with E-state index in [4.69, 9.17) is 0 Å². The summed E-state index contributed by atoms with van der Waals surface area (Å²) < 4.78 is 0.684. The van der Waals surface area contributed by atoms with Gasteiger partial charge in [0.15, 0.2) is 0 Å². The molecule has 0 fully saturated rings. The average molecular weight is 493 g/mol. The van der Waals surface area contributed by atoms with Crippen LogP contribution in [-0.4, -0.2) is 21.8 Å². The molecular weight excluding hydrogens is 476 g/mol. The monoisotopic (exact) mass is 492 g/mol. The molecule has 154 valence electrons. The lowest BCUT2D eigenvalue weighted by Gasteiger charge is -2.11. The maximum atomic E-state index is 12.8. The minimum absolute atomic E-state index is 0.288. The first-order valence-electron chi connectivity index (χ1n) is 9.40. The highest BCUT2D eigenvalue weighted by molar-refractivity contribution is 9.10. The van der Waals surface area contributed by atoms with Crippen molar-refractivity contribution in [2.24, 2.45) is 0 Å². The van der Waals surface area contributed by atoms with Crippen molar-refractivity contribution < 1.29 is 9.59 Å². The van der Waals surface area contributed by atoms with Gasteiger partial charge in [-0.25, -0.2) is 4.98 Å². The molecule has 0 saturated carbocycles. The molecule has 0 aliphatic rings. The highest BCUT2D eigenvalue weighted by Gasteiger charge is 2.16. The number of nitrogens with one attached hydrogen (secondary N) is 2. The lowest BCUT2D eigenvalue weighted by Crippen LogP contribution is -2.25. The maximum absolute atomic E-state index is 12.8. The lowest BCUT2D eigenvalue weighted by atomic mass is 10.1. The average Bonchev–Trinajstić information content (AvgIpc) is 3.28. The molecule has 8 heteroatoms. The topological polar surface area (TPSA) is 84.0 Å². The Morgan fingerprint density at radius 3 is 2.39 bits per heavy atom. The molecule has 0 aliphatic carbocycles. The molecule has 0 aliphatic heterocycles. The standard InChI is InChI=1S/C23H17BrN4O2S/c24-18-7-3-1-5-16(18)23(30)28-19-8-4-2-6-17(19)22(29)26-13-21-27-20(14-31-21)15-9-11-25-12-10-15/h1-12,14H,13H2,(H,26,29)(H,28,30). The number of rotatable bonds is 6. The lowest BCUT2D eigenvalue weighted by molar-refractivity contribution is 0.0951. The van der Waals surface area contributed by atoms with Gasteiger partial charge in [-0.1, -0.05) is 24.3 Å². The molecule has 4 rings (SSSR count). The Balaban J connectivity index is 1.44. The van der Waals surface area contributed by atoms with Crippen molar-refractivity contribution in [3.05, 3.63) is 99.0 Å². The van der Waals surface area contributed by atoms with Gasteiger partial charge >= 0.3 is 0 Å². The zero-order chi connectivity index (χ0) is 21.6. The van der Waals surface area contributed by atoms with Crippen LogP contribution in [0.25, 0.3) is 11.3 Å². The summed E-state index contributed by atoms with van der Waals surface area (Å²) in [5.74, 6) is -0.585. The first kappa shape index (κ1) is 20.9. The number of benzene rings is 2. The van der Waals surface area contributed by atoms with Gasteiger partial charge in [0.25, 0.3) is 11.8 Å². The SMILES string of the molecule is O=C(Nc1ccccc1C(=O)NCc1nc(-c2ccncc2)cs1)c1ccccc1Br. The maximum Gasteiger partial charge on any atom is 0.256 e. The van der Waals surface area contributed by atoms with Gasteiger partial charge < -0.3 is 10.6 Å². The number of amides is 2. The molecule has 2 aromatic heterocycles. The van der Waals surface area contributed by atoms with Gasteiger partial charge in [0, 0.05) is 27.8 Å². The first-order chi connectivity index (χ1) is 15.1. The molecule has 6 nitrogen and oxygen atoms in total. The molecule has 2 amide bonds. The van der Waals surface area contributed by atoms with Crippen LogP contribution in [-0.2, 0) is 6.54 Å². The van der Waals surface area contributed by atoms with Crippen LogP contribution in [0.4, 0.5) is 5.69 Å². The van der Waals surface area contributed by atoms with Crippen LogP contribution in [0.3, 0.4) is 0 Å². The first-order valence-corrected chi connectivity index (χ1v) is 11.1. The quantitative estimate of drug-likeness (QED) is 0.389. The van der Waals surface area contributed by atoms with Crippen LogP contribution in [0.15, 0.2) is 82.9 Å². The van der Waals surface area contributed by atoms with Crippen molar-refractivity contribution in [3.63, 3.8) is 0 Å². The Morgan fingerprint density at radius 2 is 1.61 bits per heavy atom. The van der Waals surface area contributed by atoms with Crippen molar-refractivity contribution in [1.29, 1.82) is 0 Å². The number of pyridine rings is 1. The Hall–Kier alpha value is -3.36. The number of thiazole rings is 1. The molecule has 0 spiro atoms. The van der Waals surface area contributed by atoms with E-state index in [9.17, 15) is 9.59 Å². The number of aromatic nitrogens is 2. The van der Waals surface area contributed by atoms with E-state index >= 15 is 0 Å². The molecule has 31 heavy (non-hydrogen) atoms. The number of anilines is 1. The second-order valence-electron chi connectivity index (χ2n) is 6.52. The zero-order valence-electron chi connectivity index (χ0n) is 16.2. The van der Waals surface area contributed by atoms with Gasteiger partial charge in [-0.2, -0.15) is 0 Å². The number of carbonyl (C=O) groups is 2.